The fraction of sp³-hybridized carbons (Fsp3) is 0. The Balaban J connectivity index is -0.0000000267. The molecule has 0 bridgehead atoms. The first kappa shape index (κ1) is 23.0. The number of hydrogen-bond donors (Lipinski definition) is 2. The monoisotopic (exact) mass is 154 g/mol. The molecule has 0 rings (SSSR count). The van der Waals surface area contributed by atoms with Gasteiger partial charge < -0.3 is 31.5 Å². The van der Waals surface area contributed by atoms with Crippen LogP contribution in [0.3, 0.4) is 0 Å². The summed E-state index contributed by atoms with van der Waals surface area (Å²) in [5, 5.41) is 0. The molecule has 0 unspecified atom stereocenters. The van der Waals surface area contributed by atoms with Crippen molar-refractivity contribution < 1.29 is 48.8 Å². The molecular weight excluding hydrogens is 146 g/mol. The van der Waals surface area contributed by atoms with Crippen LogP contribution in [-0.2, 0) is 4.57 Å². The molecule has 6 nitrogen and oxygen atoms in total. The molecule has 0 aliphatic heterocycles. The van der Waals surface area contributed by atoms with Crippen LogP contribution in [0.25, 0.3) is 0 Å². The van der Waals surface area contributed by atoms with E-state index in [-0.39, 0.29) is 41.9 Å². The Bertz CT molecular complexity index is 60.2. The Labute approximate surface area is 69.0 Å². The first-order valence-electron chi connectivity index (χ1n) is 0.730. The van der Waals surface area contributed by atoms with Crippen LogP contribution in [0.15, 0.2) is 0 Å². The van der Waals surface area contributed by atoms with Gasteiger partial charge in [0.2, 0.25) is 0 Å². The van der Waals surface area contributed by atoms with Crippen molar-refractivity contribution >= 4 is 7.82 Å². The summed E-state index contributed by atoms with van der Waals surface area (Å²) in [5.41, 5.74) is 0. The molecule has 48 valence electrons. The number of phosphoric acid groups is 1. The van der Waals surface area contributed by atoms with Crippen LogP contribution in [-0.4, -0.2) is 0 Å². The second-order valence-electron chi connectivity index (χ2n) is 0.447. The fourth-order valence-electron chi connectivity index (χ4n) is 0. The van der Waals surface area contributed by atoms with Gasteiger partial charge >= 0.3 is 29.6 Å². The van der Waals surface area contributed by atoms with Gasteiger partial charge in [-0.1, -0.05) is 0 Å². The molecule has 8 N–H and O–H groups in total. The third-order valence-electron chi connectivity index (χ3n) is 0. The van der Waals surface area contributed by atoms with Gasteiger partial charge in [-0.2, -0.15) is 7.82 Å². The SMILES string of the molecule is O=P([O-])([O-])[O-].[NH4+].[NH4+].[Na+]. The molecule has 0 aromatic carbocycles. The normalized spacial score (nSPS) is 7.38. The first-order chi connectivity index (χ1) is 2.00. The van der Waals surface area contributed by atoms with Crippen LogP contribution < -0.4 is 56.5 Å². The second-order valence-corrected chi connectivity index (χ2v) is 1.34. The van der Waals surface area contributed by atoms with E-state index in [1.165, 1.54) is 0 Å². The zero-order valence-corrected chi connectivity index (χ0v) is 7.97. The Kier molecular flexibility index (Phi) is 23.1. The number of rotatable bonds is 0. The third kappa shape index (κ3) is 241. The largest absolute Gasteiger partial charge is 1.00 e. The van der Waals surface area contributed by atoms with Gasteiger partial charge in [-0.05, 0) is 0 Å². The van der Waals surface area contributed by atoms with Crippen molar-refractivity contribution in [3.8, 4) is 0 Å². The molecule has 0 amide bonds. The average molecular weight is 154 g/mol. The Hall–Kier alpha value is 1.03. The molecule has 0 saturated heterocycles. The van der Waals surface area contributed by atoms with Crippen molar-refractivity contribution in [2.75, 3.05) is 0 Å². The zero-order chi connectivity index (χ0) is 4.50. The quantitative estimate of drug-likeness (QED) is 0.264. The van der Waals surface area contributed by atoms with Crippen LogP contribution >= 0.6 is 7.82 Å². The van der Waals surface area contributed by atoms with Crippen molar-refractivity contribution in [2.45, 2.75) is 0 Å². The van der Waals surface area contributed by atoms with Crippen molar-refractivity contribution in [1.82, 2.24) is 12.3 Å². The van der Waals surface area contributed by atoms with Crippen LogP contribution in [0.4, 0.5) is 0 Å². The molecule has 0 radical (unpaired) electrons. The Morgan fingerprint density at radius 3 is 1.00 bits per heavy atom. The third-order valence-corrected chi connectivity index (χ3v) is 0. The van der Waals surface area contributed by atoms with Gasteiger partial charge in [-0.25, -0.2) is 0 Å². The molecule has 0 fully saturated rings. The minimum atomic E-state index is -5.39. The van der Waals surface area contributed by atoms with E-state index in [1.54, 1.807) is 0 Å². The summed E-state index contributed by atoms with van der Waals surface area (Å²) in [6.07, 6.45) is 0. The molecule has 0 spiro atoms. The van der Waals surface area contributed by atoms with E-state index < -0.39 is 7.82 Å². The summed E-state index contributed by atoms with van der Waals surface area (Å²) in [6.45, 7) is 0. The van der Waals surface area contributed by atoms with Gasteiger partial charge in [0.05, 0.1) is 0 Å². The molecule has 0 saturated carbocycles. The second kappa shape index (κ2) is 8.03. The van der Waals surface area contributed by atoms with Crippen molar-refractivity contribution in [3.63, 3.8) is 0 Å². The predicted octanol–water partition coefficient (Wildman–Crippen LogP) is -5.07. The maximum atomic E-state index is 8.55. The Morgan fingerprint density at radius 2 is 1.00 bits per heavy atom. The Morgan fingerprint density at radius 1 is 1.00 bits per heavy atom. The van der Waals surface area contributed by atoms with Crippen LogP contribution in [0, 0.1) is 0 Å². The summed E-state index contributed by atoms with van der Waals surface area (Å²) < 4.78 is 8.55. The van der Waals surface area contributed by atoms with Gasteiger partial charge in [0, 0.05) is 0 Å². The van der Waals surface area contributed by atoms with Crippen molar-refractivity contribution in [1.29, 1.82) is 0 Å². The van der Waals surface area contributed by atoms with Crippen molar-refractivity contribution in [2.24, 2.45) is 0 Å². The summed E-state index contributed by atoms with van der Waals surface area (Å²) >= 11 is 0. The van der Waals surface area contributed by atoms with E-state index in [4.69, 9.17) is 19.2 Å². The van der Waals surface area contributed by atoms with Crippen LogP contribution in [0.1, 0.15) is 0 Å². The first-order valence-corrected chi connectivity index (χ1v) is 2.19. The fourth-order valence-corrected chi connectivity index (χ4v) is 0. The molecule has 0 atom stereocenters. The summed E-state index contributed by atoms with van der Waals surface area (Å²) in [4.78, 5) is 25.6. The molecule has 0 heterocycles. The predicted molar refractivity (Wildman–Crippen MR) is 19.6 cm³/mol. The minimum absolute atomic E-state index is 0. The molecule has 0 aliphatic carbocycles. The standard InChI is InChI=1S/2H3N.Na.H3O4P/c;;;1-5(2,3)4/h2*1H3;;(H3,1,2,3,4)/q;;+1;/p-1. The molecule has 0 aromatic heterocycles. The van der Waals surface area contributed by atoms with Crippen LogP contribution in [0.5, 0.6) is 0 Å². The molecular formula is H8N2NaO4P. The van der Waals surface area contributed by atoms with Gasteiger partial charge in [-0.15, -0.1) is 0 Å². The van der Waals surface area contributed by atoms with Gasteiger partial charge in [0.25, 0.3) is 0 Å². The van der Waals surface area contributed by atoms with E-state index in [0.29, 0.717) is 0 Å². The summed E-state index contributed by atoms with van der Waals surface area (Å²) in [7, 11) is -5.39. The van der Waals surface area contributed by atoms with Gasteiger partial charge in [-0.3, -0.25) is 0 Å². The zero-order valence-electron chi connectivity index (χ0n) is 5.08. The summed E-state index contributed by atoms with van der Waals surface area (Å²) in [5.74, 6) is 0. The maximum Gasteiger partial charge on any atom is 1.00 e. The van der Waals surface area contributed by atoms with E-state index in [2.05, 4.69) is 0 Å². The smallest absolute Gasteiger partial charge is 0.822 e. The minimum Gasteiger partial charge on any atom is -0.822 e. The maximum absolute atomic E-state index is 8.55. The molecule has 0 aromatic rings. The van der Waals surface area contributed by atoms with E-state index in [0.717, 1.165) is 0 Å². The molecule has 0 aliphatic rings. The van der Waals surface area contributed by atoms with E-state index in [9.17, 15) is 0 Å². The van der Waals surface area contributed by atoms with Gasteiger partial charge in [0.15, 0.2) is 0 Å². The van der Waals surface area contributed by atoms with Gasteiger partial charge in [0.1, 0.15) is 0 Å². The van der Waals surface area contributed by atoms with Crippen LogP contribution in [0.2, 0.25) is 0 Å². The topological polar surface area (TPSA) is 159 Å². The average Bonchev–Trinajstić information content (AvgIpc) is 0.722. The molecule has 8 heteroatoms. The van der Waals surface area contributed by atoms with E-state index in [1.807, 2.05) is 0 Å². The number of quaternary nitrogens is 2. The number of hydrogen-bond acceptors (Lipinski definition) is 4. The van der Waals surface area contributed by atoms with E-state index >= 15 is 0 Å². The summed E-state index contributed by atoms with van der Waals surface area (Å²) in [6, 6.07) is 0. The molecule has 8 heavy (non-hydrogen) atoms. The van der Waals surface area contributed by atoms with Crippen molar-refractivity contribution in [3.05, 3.63) is 0 Å².